The molecule has 0 spiro atoms. The van der Waals surface area contributed by atoms with E-state index < -0.39 is 26.7 Å². The number of amides is 1. The van der Waals surface area contributed by atoms with Crippen LogP contribution >= 0.6 is 11.6 Å². The average Bonchev–Trinajstić information content (AvgIpc) is 2.79. The van der Waals surface area contributed by atoms with E-state index >= 15 is 0 Å². The number of nitrogens with zero attached hydrogens (tertiary/aromatic N) is 4. The Balaban J connectivity index is 1.61. The van der Waals surface area contributed by atoms with Crippen LogP contribution in [0.25, 0.3) is 0 Å². The zero-order valence-corrected chi connectivity index (χ0v) is 20.8. The van der Waals surface area contributed by atoms with Gasteiger partial charge >= 0.3 is 0 Å². The number of hydrogen-bond acceptors (Lipinski definition) is 6. The minimum atomic E-state index is -4.05. The molecule has 0 N–H and O–H groups in total. The van der Waals surface area contributed by atoms with Crippen LogP contribution in [0.5, 0.6) is 0 Å². The lowest BCUT2D eigenvalue weighted by atomic mass is 10.2. The highest BCUT2D eigenvalue weighted by Crippen LogP contribution is 2.29. The molecule has 3 rings (SSSR count). The standard InChI is InChI=1S/C23H29ClN4O5S/c1-18(2)27(34(32,33)20-8-9-21(24)22(16-20)28(30)31)11-10-23(29)26-14-12-25(13-15-26)17-19-6-4-3-5-7-19/h3-9,16,18H,10-15,17H2,1-2H3. The molecule has 0 radical (unpaired) electrons. The Morgan fingerprint density at radius 2 is 1.76 bits per heavy atom. The lowest BCUT2D eigenvalue weighted by Crippen LogP contribution is -2.49. The summed E-state index contributed by atoms with van der Waals surface area (Å²) in [6.45, 7) is 6.90. The SMILES string of the molecule is CC(C)N(CCC(=O)N1CCN(Cc2ccccc2)CC1)S(=O)(=O)c1ccc(Cl)c([N+](=O)[O-])c1. The molecule has 34 heavy (non-hydrogen) atoms. The van der Waals surface area contributed by atoms with Crippen LogP contribution in [0.15, 0.2) is 53.4 Å². The highest BCUT2D eigenvalue weighted by Gasteiger charge is 2.30. The Hall–Kier alpha value is -2.53. The van der Waals surface area contributed by atoms with E-state index in [1.165, 1.54) is 22.0 Å². The molecule has 1 saturated heterocycles. The van der Waals surface area contributed by atoms with E-state index in [0.717, 1.165) is 25.7 Å². The maximum absolute atomic E-state index is 13.2. The summed E-state index contributed by atoms with van der Waals surface area (Å²) in [5.41, 5.74) is 0.749. The molecule has 0 aliphatic carbocycles. The molecule has 1 heterocycles. The van der Waals surface area contributed by atoms with Gasteiger partial charge in [-0.3, -0.25) is 19.8 Å². The number of nitro benzene ring substituents is 1. The molecule has 2 aromatic carbocycles. The second-order valence-electron chi connectivity index (χ2n) is 8.47. The molecule has 0 saturated carbocycles. The monoisotopic (exact) mass is 508 g/mol. The lowest BCUT2D eigenvalue weighted by molar-refractivity contribution is -0.384. The van der Waals surface area contributed by atoms with E-state index in [0.29, 0.717) is 13.1 Å². The van der Waals surface area contributed by atoms with E-state index in [4.69, 9.17) is 11.6 Å². The molecule has 2 aromatic rings. The Labute approximate surface area is 205 Å². The summed E-state index contributed by atoms with van der Waals surface area (Å²) in [5.74, 6) is -0.109. The maximum Gasteiger partial charge on any atom is 0.289 e. The van der Waals surface area contributed by atoms with Crippen molar-refractivity contribution in [3.8, 4) is 0 Å². The van der Waals surface area contributed by atoms with Crippen molar-refractivity contribution >= 4 is 33.2 Å². The molecular formula is C23H29ClN4O5S. The molecule has 0 unspecified atom stereocenters. The molecule has 0 atom stereocenters. The van der Waals surface area contributed by atoms with Crippen molar-refractivity contribution in [3.05, 3.63) is 69.2 Å². The van der Waals surface area contributed by atoms with Gasteiger partial charge in [0.25, 0.3) is 5.69 Å². The van der Waals surface area contributed by atoms with Crippen molar-refractivity contribution in [1.29, 1.82) is 0 Å². The van der Waals surface area contributed by atoms with Gasteiger partial charge in [0, 0.05) is 57.8 Å². The summed E-state index contributed by atoms with van der Waals surface area (Å²) >= 11 is 5.82. The maximum atomic E-state index is 13.2. The normalized spacial score (nSPS) is 15.1. The molecule has 1 fully saturated rings. The fraction of sp³-hybridized carbons (Fsp3) is 0.435. The molecule has 11 heteroatoms. The largest absolute Gasteiger partial charge is 0.340 e. The van der Waals surface area contributed by atoms with Gasteiger partial charge in [-0.2, -0.15) is 4.31 Å². The third-order valence-corrected chi connectivity index (χ3v) is 8.21. The zero-order valence-electron chi connectivity index (χ0n) is 19.3. The van der Waals surface area contributed by atoms with Crippen LogP contribution in [0, 0.1) is 10.1 Å². The Bertz CT molecular complexity index is 1120. The topological polar surface area (TPSA) is 104 Å². The fourth-order valence-corrected chi connectivity index (χ4v) is 5.79. The predicted molar refractivity (Wildman–Crippen MR) is 130 cm³/mol. The summed E-state index contributed by atoms with van der Waals surface area (Å²) in [7, 11) is -4.05. The van der Waals surface area contributed by atoms with Crippen LogP contribution in [0.3, 0.4) is 0 Å². The van der Waals surface area contributed by atoms with Gasteiger partial charge in [-0.1, -0.05) is 41.9 Å². The minimum Gasteiger partial charge on any atom is -0.340 e. The van der Waals surface area contributed by atoms with Gasteiger partial charge in [-0.25, -0.2) is 8.42 Å². The van der Waals surface area contributed by atoms with Crippen LogP contribution < -0.4 is 0 Å². The average molecular weight is 509 g/mol. The molecule has 0 bridgehead atoms. The fourth-order valence-electron chi connectivity index (χ4n) is 3.95. The molecule has 1 aliphatic rings. The van der Waals surface area contributed by atoms with Gasteiger partial charge in [0.15, 0.2) is 0 Å². The molecule has 1 amide bonds. The van der Waals surface area contributed by atoms with Gasteiger partial charge in [0.1, 0.15) is 5.02 Å². The number of sulfonamides is 1. The van der Waals surface area contributed by atoms with Gasteiger partial charge < -0.3 is 4.90 Å². The van der Waals surface area contributed by atoms with Crippen LogP contribution in [-0.2, 0) is 21.4 Å². The Morgan fingerprint density at radius 3 is 2.35 bits per heavy atom. The summed E-state index contributed by atoms with van der Waals surface area (Å²) in [6.07, 6.45) is 0.0335. The molecule has 0 aromatic heterocycles. The van der Waals surface area contributed by atoms with Gasteiger partial charge in [-0.05, 0) is 31.5 Å². The number of nitro groups is 1. The predicted octanol–water partition coefficient (Wildman–Crippen LogP) is 3.38. The number of benzene rings is 2. The van der Waals surface area contributed by atoms with Crippen LogP contribution in [0.1, 0.15) is 25.8 Å². The summed E-state index contributed by atoms with van der Waals surface area (Å²) in [4.78, 5) is 27.1. The van der Waals surface area contributed by atoms with Crippen molar-refractivity contribution < 1.29 is 18.1 Å². The summed E-state index contributed by atoms with van der Waals surface area (Å²) in [6, 6.07) is 13.1. The molecular weight excluding hydrogens is 480 g/mol. The first-order valence-corrected chi connectivity index (χ1v) is 12.9. The first-order valence-electron chi connectivity index (χ1n) is 11.1. The van der Waals surface area contributed by atoms with Crippen molar-refractivity contribution in [2.75, 3.05) is 32.7 Å². The zero-order chi connectivity index (χ0) is 24.9. The molecule has 1 aliphatic heterocycles. The highest BCUT2D eigenvalue weighted by atomic mass is 35.5. The van der Waals surface area contributed by atoms with Crippen LogP contribution in [0.2, 0.25) is 5.02 Å². The van der Waals surface area contributed by atoms with E-state index in [2.05, 4.69) is 17.0 Å². The number of carbonyl (C=O) groups excluding carboxylic acids is 1. The quantitative estimate of drug-likeness (QED) is 0.380. The Morgan fingerprint density at radius 1 is 1.12 bits per heavy atom. The third kappa shape index (κ3) is 6.32. The van der Waals surface area contributed by atoms with Crippen molar-refractivity contribution in [2.45, 2.75) is 37.8 Å². The smallest absolute Gasteiger partial charge is 0.289 e. The molecule has 9 nitrogen and oxygen atoms in total. The lowest BCUT2D eigenvalue weighted by Gasteiger charge is -2.35. The van der Waals surface area contributed by atoms with E-state index in [1.54, 1.807) is 18.7 Å². The number of rotatable bonds is 9. The van der Waals surface area contributed by atoms with Crippen LogP contribution in [0.4, 0.5) is 5.69 Å². The first-order chi connectivity index (χ1) is 16.1. The summed E-state index contributed by atoms with van der Waals surface area (Å²) < 4.78 is 27.6. The number of halogens is 1. The van der Waals surface area contributed by atoms with E-state index in [9.17, 15) is 23.3 Å². The van der Waals surface area contributed by atoms with Gasteiger partial charge in [0.2, 0.25) is 15.9 Å². The number of carbonyl (C=O) groups is 1. The highest BCUT2D eigenvalue weighted by molar-refractivity contribution is 7.89. The Kier molecular flexibility index (Phi) is 8.64. The van der Waals surface area contributed by atoms with Crippen molar-refractivity contribution in [2.24, 2.45) is 0 Å². The summed E-state index contributed by atoms with van der Waals surface area (Å²) in [5, 5.41) is 11.0. The van der Waals surface area contributed by atoms with Crippen molar-refractivity contribution in [3.63, 3.8) is 0 Å². The van der Waals surface area contributed by atoms with E-state index in [-0.39, 0.29) is 28.8 Å². The van der Waals surface area contributed by atoms with Crippen molar-refractivity contribution in [1.82, 2.24) is 14.1 Å². The van der Waals surface area contributed by atoms with Crippen LogP contribution in [-0.4, -0.2) is 72.1 Å². The first kappa shape index (κ1) is 26.1. The number of hydrogen-bond donors (Lipinski definition) is 0. The second kappa shape index (κ2) is 11.3. The third-order valence-electron chi connectivity index (χ3n) is 5.82. The number of piperazine rings is 1. The molecule has 184 valence electrons. The second-order valence-corrected chi connectivity index (χ2v) is 10.8. The minimum absolute atomic E-state index is 0.0144. The van der Waals surface area contributed by atoms with Gasteiger partial charge in [-0.15, -0.1) is 0 Å². The van der Waals surface area contributed by atoms with E-state index in [1.807, 2.05) is 18.2 Å². The van der Waals surface area contributed by atoms with Gasteiger partial charge in [0.05, 0.1) is 9.82 Å².